The van der Waals surface area contributed by atoms with Crippen molar-refractivity contribution in [3.8, 4) is 11.5 Å². The maximum absolute atomic E-state index is 13.6. The molecule has 9 heteroatoms. The van der Waals surface area contributed by atoms with Crippen LogP contribution >= 0.6 is 0 Å². The van der Waals surface area contributed by atoms with E-state index in [4.69, 9.17) is 9.47 Å². The Hall–Kier alpha value is -3.59. The molecular weight excluding hydrogens is 447 g/mol. The summed E-state index contributed by atoms with van der Waals surface area (Å²) in [4.78, 5) is 12.7. The van der Waals surface area contributed by atoms with Crippen molar-refractivity contribution in [1.82, 2.24) is 0 Å². The highest BCUT2D eigenvalue weighted by Gasteiger charge is 2.30. The third kappa shape index (κ3) is 5.81. The number of amides is 1. The molecule has 1 amide bonds. The van der Waals surface area contributed by atoms with Crippen LogP contribution in [0, 0.1) is 12.7 Å². The number of methoxy groups -OCH3 is 1. The highest BCUT2D eigenvalue weighted by atomic mass is 32.2. The van der Waals surface area contributed by atoms with Crippen molar-refractivity contribution in [3.05, 3.63) is 78.1 Å². The van der Waals surface area contributed by atoms with Gasteiger partial charge in [-0.05, 0) is 80.1 Å². The number of nitrogens with one attached hydrogen (secondary N) is 1. The van der Waals surface area contributed by atoms with E-state index in [1.165, 1.54) is 25.3 Å². The van der Waals surface area contributed by atoms with Crippen LogP contribution in [0.25, 0.3) is 0 Å². The number of anilines is 2. The Morgan fingerprint density at radius 3 is 2.30 bits per heavy atom. The number of carbonyl (C=O) groups is 1. The van der Waals surface area contributed by atoms with Gasteiger partial charge in [0.25, 0.3) is 10.0 Å². The van der Waals surface area contributed by atoms with Crippen LogP contribution in [-0.4, -0.2) is 34.6 Å². The first-order valence-electron chi connectivity index (χ1n) is 10.2. The van der Waals surface area contributed by atoms with Gasteiger partial charge in [0.2, 0.25) is 5.91 Å². The Bertz CT molecular complexity index is 1210. The van der Waals surface area contributed by atoms with Crippen LogP contribution in [0.15, 0.2) is 71.6 Å². The number of nitrogens with zero attached hydrogens (tertiary/aromatic N) is 1. The Labute approximate surface area is 192 Å². The Morgan fingerprint density at radius 2 is 1.70 bits per heavy atom. The van der Waals surface area contributed by atoms with Crippen molar-refractivity contribution in [1.29, 1.82) is 0 Å². The average Bonchev–Trinajstić information content (AvgIpc) is 2.79. The molecule has 0 unspecified atom stereocenters. The highest BCUT2D eigenvalue weighted by molar-refractivity contribution is 7.93. The molecule has 174 valence electrons. The molecule has 0 bridgehead atoms. The first-order chi connectivity index (χ1) is 15.7. The van der Waals surface area contributed by atoms with Gasteiger partial charge in [-0.1, -0.05) is 6.07 Å². The van der Waals surface area contributed by atoms with Crippen molar-refractivity contribution in [2.45, 2.75) is 18.7 Å². The van der Waals surface area contributed by atoms with Crippen molar-refractivity contribution < 1.29 is 27.1 Å². The zero-order valence-electron chi connectivity index (χ0n) is 18.5. The Morgan fingerprint density at radius 1 is 1.03 bits per heavy atom. The second-order valence-corrected chi connectivity index (χ2v) is 8.98. The van der Waals surface area contributed by atoms with E-state index in [0.717, 1.165) is 16.4 Å². The molecule has 3 rings (SSSR count). The van der Waals surface area contributed by atoms with Gasteiger partial charge < -0.3 is 14.8 Å². The van der Waals surface area contributed by atoms with Gasteiger partial charge in [-0.2, -0.15) is 0 Å². The fourth-order valence-electron chi connectivity index (χ4n) is 3.16. The summed E-state index contributed by atoms with van der Waals surface area (Å²) in [5, 5.41) is 2.68. The van der Waals surface area contributed by atoms with E-state index in [1.807, 2.05) is 6.92 Å². The van der Waals surface area contributed by atoms with Gasteiger partial charge in [0, 0.05) is 5.69 Å². The minimum atomic E-state index is -4.23. The third-order valence-electron chi connectivity index (χ3n) is 4.74. The van der Waals surface area contributed by atoms with Crippen molar-refractivity contribution in [3.63, 3.8) is 0 Å². The Balaban J connectivity index is 1.94. The molecule has 1 N–H and O–H groups in total. The van der Waals surface area contributed by atoms with E-state index in [-0.39, 0.29) is 16.3 Å². The molecule has 0 radical (unpaired) electrons. The molecule has 3 aromatic rings. The molecule has 0 aliphatic carbocycles. The molecule has 0 heterocycles. The first-order valence-corrected chi connectivity index (χ1v) is 11.6. The van der Waals surface area contributed by atoms with E-state index in [9.17, 15) is 17.6 Å². The minimum Gasteiger partial charge on any atom is -0.495 e. The lowest BCUT2D eigenvalue weighted by molar-refractivity contribution is -0.114. The number of ether oxygens (including phenoxy) is 2. The molecule has 0 fully saturated rings. The summed E-state index contributed by atoms with van der Waals surface area (Å²) in [6, 6.07) is 16.3. The summed E-state index contributed by atoms with van der Waals surface area (Å²) < 4.78 is 52.3. The molecule has 0 aliphatic heterocycles. The van der Waals surface area contributed by atoms with E-state index < -0.39 is 28.3 Å². The molecule has 3 aromatic carbocycles. The monoisotopic (exact) mass is 472 g/mol. The summed E-state index contributed by atoms with van der Waals surface area (Å²) >= 11 is 0. The second-order valence-electron chi connectivity index (χ2n) is 7.15. The van der Waals surface area contributed by atoms with Gasteiger partial charge in [-0.3, -0.25) is 9.10 Å². The van der Waals surface area contributed by atoms with Crippen LogP contribution in [0.1, 0.15) is 12.5 Å². The van der Waals surface area contributed by atoms with Crippen LogP contribution in [-0.2, 0) is 14.8 Å². The van der Waals surface area contributed by atoms with Crippen molar-refractivity contribution in [2.75, 3.05) is 29.9 Å². The summed E-state index contributed by atoms with van der Waals surface area (Å²) in [6.45, 7) is 3.60. The van der Waals surface area contributed by atoms with Crippen LogP contribution in [0.2, 0.25) is 0 Å². The third-order valence-corrected chi connectivity index (χ3v) is 6.53. The standard InChI is InChI=1S/C24H25FN2O5S/c1-4-32-21-12-8-19(9-13-21)26-24(28)16-27(20-10-6-18(25)7-11-20)33(29,30)23-15-17(2)5-14-22(23)31-3/h5-15H,4,16H2,1-3H3,(H,26,28). The summed E-state index contributed by atoms with van der Waals surface area (Å²) in [7, 11) is -2.86. The molecule has 7 nitrogen and oxygen atoms in total. The quantitative estimate of drug-likeness (QED) is 0.500. The maximum Gasteiger partial charge on any atom is 0.268 e. The molecule has 33 heavy (non-hydrogen) atoms. The average molecular weight is 473 g/mol. The topological polar surface area (TPSA) is 84.9 Å². The fourth-order valence-corrected chi connectivity index (χ4v) is 4.82. The van der Waals surface area contributed by atoms with E-state index in [0.29, 0.717) is 23.6 Å². The maximum atomic E-state index is 13.6. The van der Waals surface area contributed by atoms with Crippen molar-refractivity contribution in [2.24, 2.45) is 0 Å². The number of rotatable bonds is 9. The number of halogens is 1. The van der Waals surface area contributed by atoms with Crippen LogP contribution in [0.4, 0.5) is 15.8 Å². The summed E-state index contributed by atoms with van der Waals surface area (Å²) in [5.41, 5.74) is 1.32. The van der Waals surface area contributed by atoms with Gasteiger partial charge >= 0.3 is 0 Å². The lowest BCUT2D eigenvalue weighted by Crippen LogP contribution is -2.38. The molecule has 0 saturated carbocycles. The van der Waals surface area contributed by atoms with Gasteiger partial charge in [-0.15, -0.1) is 0 Å². The molecule has 0 saturated heterocycles. The number of aryl methyl sites for hydroxylation is 1. The van der Waals surface area contributed by atoms with E-state index >= 15 is 0 Å². The van der Waals surface area contributed by atoms with Gasteiger partial charge in [0.1, 0.15) is 28.8 Å². The van der Waals surface area contributed by atoms with Gasteiger partial charge in [-0.25, -0.2) is 12.8 Å². The zero-order valence-corrected chi connectivity index (χ0v) is 19.4. The number of sulfonamides is 1. The van der Waals surface area contributed by atoms with Gasteiger partial charge in [0.05, 0.1) is 19.4 Å². The van der Waals surface area contributed by atoms with Crippen LogP contribution in [0.3, 0.4) is 0 Å². The van der Waals surface area contributed by atoms with Gasteiger partial charge in [0.15, 0.2) is 0 Å². The first kappa shape index (κ1) is 24.1. The number of hydrogen-bond acceptors (Lipinski definition) is 5. The summed E-state index contributed by atoms with van der Waals surface area (Å²) in [6.07, 6.45) is 0. The number of hydrogen-bond donors (Lipinski definition) is 1. The number of benzene rings is 3. The molecule has 0 aromatic heterocycles. The lowest BCUT2D eigenvalue weighted by Gasteiger charge is -2.25. The molecule has 0 spiro atoms. The normalized spacial score (nSPS) is 11.0. The molecule has 0 aliphatic rings. The second kappa shape index (κ2) is 10.4. The molecule has 0 atom stereocenters. The molecular formula is C24H25FN2O5S. The SMILES string of the molecule is CCOc1ccc(NC(=O)CN(c2ccc(F)cc2)S(=O)(=O)c2cc(C)ccc2OC)cc1. The highest BCUT2D eigenvalue weighted by Crippen LogP contribution is 2.31. The largest absolute Gasteiger partial charge is 0.495 e. The fraction of sp³-hybridized carbons (Fsp3) is 0.208. The van der Waals surface area contributed by atoms with E-state index in [1.54, 1.807) is 43.3 Å². The van der Waals surface area contributed by atoms with E-state index in [2.05, 4.69) is 5.32 Å². The predicted molar refractivity (Wildman–Crippen MR) is 125 cm³/mol. The van der Waals surface area contributed by atoms with Crippen LogP contribution < -0.4 is 19.1 Å². The Kier molecular flexibility index (Phi) is 7.55. The number of carbonyl (C=O) groups excluding carboxylic acids is 1. The lowest BCUT2D eigenvalue weighted by atomic mass is 10.2. The smallest absolute Gasteiger partial charge is 0.268 e. The van der Waals surface area contributed by atoms with Crippen molar-refractivity contribution >= 4 is 27.3 Å². The predicted octanol–water partition coefficient (Wildman–Crippen LogP) is 4.38. The minimum absolute atomic E-state index is 0.0943. The zero-order chi connectivity index (χ0) is 24.0. The summed E-state index contributed by atoms with van der Waals surface area (Å²) in [5.74, 6) is -0.307. The van der Waals surface area contributed by atoms with Crippen LogP contribution in [0.5, 0.6) is 11.5 Å².